The van der Waals surface area contributed by atoms with Crippen molar-refractivity contribution in [1.29, 1.82) is 0 Å². The molecule has 0 bridgehead atoms. The third-order valence-electron chi connectivity index (χ3n) is 6.72. The van der Waals surface area contributed by atoms with Crippen LogP contribution < -0.4 is 14.8 Å². The highest BCUT2D eigenvalue weighted by molar-refractivity contribution is 5.77. The van der Waals surface area contributed by atoms with Gasteiger partial charge in [0.2, 0.25) is 0 Å². The Hall–Kier alpha value is -2.69. The van der Waals surface area contributed by atoms with Crippen molar-refractivity contribution >= 4 is 11.7 Å². The topological polar surface area (TPSA) is 67.8 Å². The van der Waals surface area contributed by atoms with Crippen LogP contribution in [0.1, 0.15) is 58.9 Å². The van der Waals surface area contributed by atoms with Gasteiger partial charge in [0.05, 0.1) is 7.11 Å². The van der Waals surface area contributed by atoms with Crippen LogP contribution in [0.5, 0.6) is 11.5 Å². The molecule has 1 atom stereocenters. The lowest BCUT2D eigenvalue weighted by atomic mass is 9.69. The summed E-state index contributed by atoms with van der Waals surface area (Å²) in [5, 5.41) is 12.8. The van der Waals surface area contributed by atoms with E-state index in [0.29, 0.717) is 11.8 Å². The van der Waals surface area contributed by atoms with Crippen LogP contribution in [0.15, 0.2) is 48.5 Å². The van der Waals surface area contributed by atoms with Crippen molar-refractivity contribution in [1.82, 2.24) is 0 Å². The van der Waals surface area contributed by atoms with Crippen molar-refractivity contribution in [3.8, 4) is 11.5 Å². The zero-order chi connectivity index (χ0) is 23.4. The van der Waals surface area contributed by atoms with Crippen LogP contribution in [0, 0.1) is 11.3 Å². The van der Waals surface area contributed by atoms with Gasteiger partial charge >= 0.3 is 5.97 Å². The predicted molar refractivity (Wildman–Crippen MR) is 129 cm³/mol. The van der Waals surface area contributed by atoms with E-state index >= 15 is 0 Å². The van der Waals surface area contributed by atoms with Gasteiger partial charge in [-0.1, -0.05) is 32.9 Å². The van der Waals surface area contributed by atoms with Gasteiger partial charge in [0.1, 0.15) is 23.1 Å². The van der Waals surface area contributed by atoms with Crippen LogP contribution in [0.25, 0.3) is 0 Å². The van der Waals surface area contributed by atoms with Gasteiger partial charge in [-0.2, -0.15) is 0 Å². The first-order valence-electron chi connectivity index (χ1n) is 11.5. The average Bonchev–Trinajstić information content (AvgIpc) is 2.74. The Kier molecular flexibility index (Phi) is 7.37. The molecule has 0 spiro atoms. The molecule has 0 radical (unpaired) electrons. The number of carboxylic acids is 1. The number of ether oxygens (including phenoxy) is 2. The number of rotatable bonds is 8. The van der Waals surface area contributed by atoms with Gasteiger partial charge in [0.15, 0.2) is 0 Å². The Morgan fingerprint density at radius 2 is 1.62 bits per heavy atom. The summed E-state index contributed by atoms with van der Waals surface area (Å²) in [5.41, 5.74) is 1.90. The number of carbonyl (C=O) groups is 1. The van der Waals surface area contributed by atoms with Crippen LogP contribution >= 0.6 is 0 Å². The molecule has 2 N–H and O–H groups in total. The van der Waals surface area contributed by atoms with Gasteiger partial charge in [0.25, 0.3) is 0 Å². The number of hydrogen-bond acceptors (Lipinski definition) is 4. The molecule has 5 heteroatoms. The van der Waals surface area contributed by atoms with E-state index in [1.807, 2.05) is 48.5 Å². The molecule has 0 saturated heterocycles. The maximum Gasteiger partial charge on any atom is 0.326 e. The lowest BCUT2D eigenvalue weighted by Crippen LogP contribution is -2.39. The third-order valence-corrected chi connectivity index (χ3v) is 6.72. The largest absolute Gasteiger partial charge is 0.497 e. The van der Waals surface area contributed by atoms with Gasteiger partial charge in [-0.25, -0.2) is 4.79 Å². The second-order valence-corrected chi connectivity index (χ2v) is 10.3. The van der Waals surface area contributed by atoms with E-state index < -0.39 is 12.0 Å². The van der Waals surface area contributed by atoms with E-state index in [1.165, 1.54) is 12.8 Å². The fourth-order valence-corrected chi connectivity index (χ4v) is 4.50. The molecule has 2 aromatic rings. The molecule has 0 amide bonds. The highest BCUT2D eigenvalue weighted by Crippen LogP contribution is 2.43. The highest BCUT2D eigenvalue weighted by Gasteiger charge is 2.37. The lowest BCUT2D eigenvalue weighted by Gasteiger charge is -2.42. The van der Waals surface area contributed by atoms with E-state index in [9.17, 15) is 9.90 Å². The van der Waals surface area contributed by atoms with Gasteiger partial charge in [-0.05, 0) is 85.9 Å². The number of nitrogens with one attached hydrogen (secondary N) is 1. The normalized spacial score (nSPS) is 22.1. The zero-order valence-corrected chi connectivity index (χ0v) is 20.0. The van der Waals surface area contributed by atoms with Crippen LogP contribution in [-0.2, 0) is 11.2 Å². The van der Waals surface area contributed by atoms with Crippen LogP contribution in [0.3, 0.4) is 0 Å². The Bertz CT molecular complexity index is 875. The Morgan fingerprint density at radius 1 is 1.06 bits per heavy atom. The Labute approximate surface area is 192 Å². The summed E-state index contributed by atoms with van der Waals surface area (Å²) >= 11 is 0. The summed E-state index contributed by atoms with van der Waals surface area (Å²) in [6, 6.07) is 14.4. The summed E-state index contributed by atoms with van der Waals surface area (Å²) in [7, 11) is 1.61. The SMILES string of the molecule is COc1ccc(CC(Nc2ccc(O[C@]3(C)CC[C@H](C(C)(C)C)CC3)cc2)C(=O)O)cc1. The molecule has 5 nitrogen and oxygen atoms in total. The minimum Gasteiger partial charge on any atom is -0.497 e. The summed E-state index contributed by atoms with van der Waals surface area (Å²) in [5.74, 6) is 1.44. The van der Waals surface area contributed by atoms with Crippen LogP contribution in [0.4, 0.5) is 5.69 Å². The third kappa shape index (κ3) is 6.41. The van der Waals surface area contributed by atoms with Gasteiger partial charge < -0.3 is 19.9 Å². The standard InChI is InChI=1S/C27H37NO4/c1-26(2,3)20-14-16-27(4,17-15-20)32-23-12-8-21(9-13-23)28-24(25(29)30)18-19-6-10-22(31-5)11-7-19/h6-13,20,24,28H,14-18H2,1-5H3,(H,29,30)/t20-,24?,27+. The molecule has 1 aliphatic carbocycles. The van der Waals surface area contributed by atoms with Crippen molar-refractivity contribution < 1.29 is 19.4 Å². The maximum atomic E-state index is 11.8. The fraction of sp³-hybridized carbons (Fsp3) is 0.519. The first kappa shape index (κ1) is 24.0. The van der Waals surface area contributed by atoms with Crippen molar-refractivity contribution in [2.24, 2.45) is 11.3 Å². The summed E-state index contributed by atoms with van der Waals surface area (Å²) in [6.45, 7) is 9.18. The minimum atomic E-state index is -0.885. The van der Waals surface area contributed by atoms with E-state index in [0.717, 1.165) is 41.5 Å². The second-order valence-electron chi connectivity index (χ2n) is 10.3. The lowest BCUT2D eigenvalue weighted by molar-refractivity contribution is -0.137. The molecule has 2 aromatic carbocycles. The number of benzene rings is 2. The minimum absolute atomic E-state index is 0.144. The van der Waals surface area contributed by atoms with Crippen molar-refractivity contribution in [3.63, 3.8) is 0 Å². The molecule has 1 saturated carbocycles. The number of hydrogen-bond donors (Lipinski definition) is 2. The first-order chi connectivity index (χ1) is 15.1. The highest BCUT2D eigenvalue weighted by atomic mass is 16.5. The molecule has 1 unspecified atom stereocenters. The van der Waals surface area contributed by atoms with E-state index in [1.54, 1.807) is 7.11 Å². The maximum absolute atomic E-state index is 11.8. The number of methoxy groups -OCH3 is 1. The summed E-state index contributed by atoms with van der Waals surface area (Å²) in [6.07, 6.45) is 4.86. The molecule has 174 valence electrons. The number of aliphatic carboxylic acids is 1. The Morgan fingerprint density at radius 3 is 2.12 bits per heavy atom. The Balaban J connectivity index is 1.58. The molecular weight excluding hydrogens is 402 g/mol. The van der Waals surface area contributed by atoms with Crippen molar-refractivity contribution in [2.75, 3.05) is 12.4 Å². The zero-order valence-electron chi connectivity index (χ0n) is 20.0. The van der Waals surface area contributed by atoms with Crippen LogP contribution in [-0.4, -0.2) is 29.8 Å². The summed E-state index contributed by atoms with van der Waals surface area (Å²) < 4.78 is 11.5. The summed E-state index contributed by atoms with van der Waals surface area (Å²) in [4.78, 5) is 11.8. The van der Waals surface area contributed by atoms with E-state index in [-0.39, 0.29) is 5.60 Å². The van der Waals surface area contributed by atoms with E-state index in [4.69, 9.17) is 9.47 Å². The quantitative estimate of drug-likeness (QED) is 0.514. The molecule has 0 aliphatic heterocycles. The molecule has 1 fully saturated rings. The van der Waals surface area contributed by atoms with Gasteiger partial charge in [-0.3, -0.25) is 0 Å². The van der Waals surface area contributed by atoms with Gasteiger partial charge in [-0.15, -0.1) is 0 Å². The first-order valence-corrected chi connectivity index (χ1v) is 11.5. The monoisotopic (exact) mass is 439 g/mol. The van der Waals surface area contributed by atoms with Crippen molar-refractivity contribution in [3.05, 3.63) is 54.1 Å². The average molecular weight is 440 g/mol. The fourth-order valence-electron chi connectivity index (χ4n) is 4.50. The smallest absolute Gasteiger partial charge is 0.326 e. The number of anilines is 1. The number of carboxylic acid groups (broad SMARTS) is 1. The molecule has 1 aliphatic rings. The second kappa shape index (κ2) is 9.85. The van der Waals surface area contributed by atoms with Crippen LogP contribution in [0.2, 0.25) is 0 Å². The van der Waals surface area contributed by atoms with Crippen molar-refractivity contribution in [2.45, 2.75) is 71.4 Å². The molecule has 3 rings (SSSR count). The van der Waals surface area contributed by atoms with Gasteiger partial charge in [0, 0.05) is 12.1 Å². The molecule has 0 heterocycles. The predicted octanol–water partition coefficient (Wildman–Crippen LogP) is 6.18. The molecular formula is C27H37NO4. The molecule has 0 aromatic heterocycles. The van der Waals surface area contributed by atoms with E-state index in [2.05, 4.69) is 33.0 Å². The molecule has 32 heavy (non-hydrogen) atoms.